The van der Waals surface area contributed by atoms with Crippen LogP contribution in [0, 0.1) is 0 Å². The number of nitrogens with one attached hydrogen (secondary N) is 1. The summed E-state index contributed by atoms with van der Waals surface area (Å²) >= 11 is 0. The van der Waals surface area contributed by atoms with Crippen molar-refractivity contribution in [3.8, 4) is 5.69 Å². The summed E-state index contributed by atoms with van der Waals surface area (Å²) in [6, 6.07) is 10.8. The van der Waals surface area contributed by atoms with Crippen molar-refractivity contribution in [1.29, 1.82) is 0 Å². The largest absolute Gasteiger partial charge is 0.322 e. The lowest BCUT2D eigenvalue weighted by atomic mass is 10.2. The zero-order chi connectivity index (χ0) is 13.8. The quantitative estimate of drug-likeness (QED) is 0.785. The lowest BCUT2D eigenvalue weighted by Crippen LogP contribution is -2.11. The van der Waals surface area contributed by atoms with Gasteiger partial charge in [-0.05, 0) is 36.4 Å². The molecule has 0 radical (unpaired) electrons. The van der Waals surface area contributed by atoms with Crippen molar-refractivity contribution >= 4 is 11.6 Å². The van der Waals surface area contributed by atoms with E-state index in [0.29, 0.717) is 11.3 Å². The van der Waals surface area contributed by atoms with Gasteiger partial charge in [-0.2, -0.15) is 5.10 Å². The predicted octanol–water partition coefficient (Wildman–Crippen LogP) is 1.91. The number of anilines is 1. The molecule has 0 saturated carbocycles. The molecule has 1 amide bonds. The first kappa shape index (κ1) is 12.0. The maximum Gasteiger partial charge on any atom is 0.257 e. The Morgan fingerprint density at radius 1 is 1.10 bits per heavy atom. The lowest BCUT2D eigenvalue weighted by Gasteiger charge is -2.06. The van der Waals surface area contributed by atoms with E-state index in [1.165, 1.54) is 12.5 Å². The number of benzene rings is 1. The predicted molar refractivity (Wildman–Crippen MR) is 73.5 cm³/mol. The molecule has 3 rings (SSSR count). The van der Waals surface area contributed by atoms with Crippen molar-refractivity contribution in [2.24, 2.45) is 0 Å². The molecular formula is C14H11N5O. The minimum Gasteiger partial charge on any atom is -0.322 e. The van der Waals surface area contributed by atoms with Gasteiger partial charge in [-0.25, -0.2) is 9.67 Å². The average molecular weight is 265 g/mol. The van der Waals surface area contributed by atoms with Gasteiger partial charge in [0.2, 0.25) is 0 Å². The van der Waals surface area contributed by atoms with Gasteiger partial charge in [0.25, 0.3) is 5.91 Å². The molecule has 0 spiro atoms. The molecule has 6 nitrogen and oxygen atoms in total. The second-order valence-corrected chi connectivity index (χ2v) is 4.08. The summed E-state index contributed by atoms with van der Waals surface area (Å²) in [5.74, 6) is -0.188. The van der Waals surface area contributed by atoms with Crippen LogP contribution >= 0.6 is 0 Å². The highest BCUT2D eigenvalue weighted by Crippen LogP contribution is 2.13. The number of nitrogens with zero attached hydrogens (tertiary/aromatic N) is 4. The third-order valence-corrected chi connectivity index (χ3v) is 2.73. The van der Waals surface area contributed by atoms with E-state index in [1.807, 2.05) is 24.3 Å². The summed E-state index contributed by atoms with van der Waals surface area (Å²) in [7, 11) is 0. The van der Waals surface area contributed by atoms with Crippen LogP contribution in [-0.2, 0) is 0 Å². The molecule has 0 aliphatic rings. The summed E-state index contributed by atoms with van der Waals surface area (Å²) in [5, 5.41) is 6.84. The molecule has 2 heterocycles. The van der Waals surface area contributed by atoms with Gasteiger partial charge in [0.05, 0.1) is 11.3 Å². The molecule has 1 aromatic carbocycles. The Balaban J connectivity index is 1.74. The van der Waals surface area contributed by atoms with Crippen LogP contribution in [-0.4, -0.2) is 25.7 Å². The second kappa shape index (κ2) is 5.31. The third kappa shape index (κ3) is 2.54. The van der Waals surface area contributed by atoms with Crippen LogP contribution in [0.4, 0.5) is 5.69 Å². The van der Waals surface area contributed by atoms with E-state index in [-0.39, 0.29) is 5.91 Å². The molecule has 20 heavy (non-hydrogen) atoms. The number of carbonyl (C=O) groups is 1. The average Bonchev–Trinajstić information content (AvgIpc) is 3.03. The van der Waals surface area contributed by atoms with Crippen LogP contribution in [0.1, 0.15) is 10.4 Å². The molecule has 3 aromatic rings. The molecule has 0 aliphatic carbocycles. The topological polar surface area (TPSA) is 72.7 Å². The van der Waals surface area contributed by atoms with Crippen molar-refractivity contribution < 1.29 is 4.79 Å². The first-order valence-electron chi connectivity index (χ1n) is 5.99. The summed E-state index contributed by atoms with van der Waals surface area (Å²) in [6.45, 7) is 0. The van der Waals surface area contributed by atoms with Gasteiger partial charge in [0, 0.05) is 18.1 Å². The zero-order valence-corrected chi connectivity index (χ0v) is 10.5. The maximum atomic E-state index is 11.9. The normalized spacial score (nSPS) is 10.2. The first-order valence-corrected chi connectivity index (χ1v) is 5.99. The van der Waals surface area contributed by atoms with Crippen molar-refractivity contribution in [1.82, 2.24) is 19.7 Å². The molecule has 2 aromatic heterocycles. The van der Waals surface area contributed by atoms with Crippen molar-refractivity contribution in [3.63, 3.8) is 0 Å². The number of pyridine rings is 1. The Morgan fingerprint density at radius 2 is 1.95 bits per heavy atom. The number of amides is 1. The molecule has 0 atom stereocenters. The number of hydrogen-bond donors (Lipinski definition) is 1. The minimum atomic E-state index is -0.188. The van der Waals surface area contributed by atoms with E-state index in [4.69, 9.17) is 0 Å². The zero-order valence-electron chi connectivity index (χ0n) is 10.5. The summed E-state index contributed by atoms with van der Waals surface area (Å²) in [5.41, 5.74) is 2.11. The van der Waals surface area contributed by atoms with Crippen molar-refractivity contribution in [2.75, 3.05) is 5.32 Å². The van der Waals surface area contributed by atoms with Crippen molar-refractivity contribution in [3.05, 3.63) is 67.0 Å². The number of hydrogen-bond acceptors (Lipinski definition) is 4. The van der Waals surface area contributed by atoms with Gasteiger partial charge in [-0.15, -0.1) is 0 Å². The molecule has 0 saturated heterocycles. The molecule has 98 valence electrons. The van der Waals surface area contributed by atoms with Crippen LogP contribution in [0.3, 0.4) is 0 Å². The number of rotatable bonds is 3. The SMILES string of the molecule is O=C(Nc1ccc(-n2cncn2)cc1)c1cccnc1. The fourth-order valence-electron chi connectivity index (χ4n) is 1.74. The van der Waals surface area contributed by atoms with Crippen LogP contribution in [0.2, 0.25) is 0 Å². The Morgan fingerprint density at radius 3 is 2.60 bits per heavy atom. The van der Waals surface area contributed by atoms with Crippen LogP contribution in [0.5, 0.6) is 0 Å². The molecule has 0 unspecified atom stereocenters. The van der Waals surface area contributed by atoms with E-state index < -0.39 is 0 Å². The van der Waals surface area contributed by atoms with Crippen LogP contribution < -0.4 is 5.32 Å². The van der Waals surface area contributed by atoms with Crippen molar-refractivity contribution in [2.45, 2.75) is 0 Å². The van der Waals surface area contributed by atoms with E-state index in [0.717, 1.165) is 5.69 Å². The van der Waals surface area contributed by atoms with Crippen LogP contribution in [0.25, 0.3) is 5.69 Å². The van der Waals surface area contributed by atoms with E-state index in [9.17, 15) is 4.79 Å². The smallest absolute Gasteiger partial charge is 0.257 e. The summed E-state index contributed by atoms with van der Waals surface area (Å²) in [4.78, 5) is 19.7. The monoisotopic (exact) mass is 265 g/mol. The highest BCUT2D eigenvalue weighted by Gasteiger charge is 2.05. The molecule has 0 bridgehead atoms. The fourth-order valence-corrected chi connectivity index (χ4v) is 1.74. The highest BCUT2D eigenvalue weighted by atomic mass is 16.1. The van der Waals surface area contributed by atoms with Gasteiger partial charge in [0.1, 0.15) is 12.7 Å². The fraction of sp³-hybridized carbons (Fsp3) is 0. The standard InChI is InChI=1S/C14H11N5O/c20-14(11-2-1-7-15-8-11)18-12-3-5-13(6-4-12)19-10-16-9-17-19/h1-10H,(H,18,20). The Hall–Kier alpha value is -3.02. The second-order valence-electron chi connectivity index (χ2n) is 4.08. The Labute approximate surface area is 115 Å². The van der Waals surface area contributed by atoms with Crippen LogP contribution in [0.15, 0.2) is 61.4 Å². The molecule has 0 fully saturated rings. The Kier molecular flexibility index (Phi) is 3.20. The van der Waals surface area contributed by atoms with Gasteiger partial charge in [0.15, 0.2) is 0 Å². The van der Waals surface area contributed by atoms with E-state index >= 15 is 0 Å². The summed E-state index contributed by atoms with van der Waals surface area (Å²) in [6.07, 6.45) is 6.24. The Bertz CT molecular complexity index is 692. The van der Waals surface area contributed by atoms with E-state index in [2.05, 4.69) is 20.4 Å². The molecule has 1 N–H and O–H groups in total. The third-order valence-electron chi connectivity index (χ3n) is 2.73. The molecule has 6 heteroatoms. The summed E-state index contributed by atoms with van der Waals surface area (Å²) < 4.78 is 1.65. The first-order chi connectivity index (χ1) is 9.83. The molecule has 0 aliphatic heterocycles. The minimum absolute atomic E-state index is 0.188. The van der Waals surface area contributed by atoms with E-state index in [1.54, 1.807) is 29.3 Å². The lowest BCUT2D eigenvalue weighted by molar-refractivity contribution is 0.102. The van der Waals surface area contributed by atoms with Gasteiger partial charge in [-0.1, -0.05) is 0 Å². The maximum absolute atomic E-state index is 11.9. The van der Waals surface area contributed by atoms with Gasteiger partial charge in [-0.3, -0.25) is 9.78 Å². The highest BCUT2D eigenvalue weighted by molar-refractivity contribution is 6.04. The number of carbonyl (C=O) groups excluding carboxylic acids is 1. The molecular weight excluding hydrogens is 254 g/mol. The number of aromatic nitrogens is 4. The van der Waals surface area contributed by atoms with Gasteiger partial charge >= 0.3 is 0 Å². The van der Waals surface area contributed by atoms with Gasteiger partial charge < -0.3 is 5.32 Å².